The van der Waals surface area contributed by atoms with Crippen molar-refractivity contribution < 1.29 is 23.5 Å². The second kappa shape index (κ2) is 5.95. The minimum Gasteiger partial charge on any atom is -0.459 e. The quantitative estimate of drug-likeness (QED) is 0.380. The fourth-order valence-corrected chi connectivity index (χ4v) is 0.624. The fourth-order valence-electron chi connectivity index (χ4n) is 0.624. The van der Waals surface area contributed by atoms with E-state index >= 15 is 0 Å². The van der Waals surface area contributed by atoms with E-state index in [1.807, 2.05) is 0 Å². The molecular formula is C10H13FO4. The highest BCUT2D eigenvalue weighted by Gasteiger charge is 2.44. The van der Waals surface area contributed by atoms with E-state index < -0.39 is 17.6 Å². The fraction of sp³-hybridized carbons (Fsp3) is 0.400. The molecule has 4 nitrogen and oxygen atoms in total. The molecule has 0 N–H and O–H groups in total. The number of hydrogen-bond donors (Lipinski definition) is 0. The molecule has 0 aliphatic rings. The largest absolute Gasteiger partial charge is 0.459 e. The zero-order valence-corrected chi connectivity index (χ0v) is 8.49. The Kier molecular flexibility index (Phi) is 5.30. The highest BCUT2D eigenvalue weighted by molar-refractivity contribution is 6.02. The molecule has 0 saturated heterocycles. The summed E-state index contributed by atoms with van der Waals surface area (Å²) in [4.78, 5) is 22.1. The van der Waals surface area contributed by atoms with Crippen molar-refractivity contribution in [3.63, 3.8) is 0 Å². The summed E-state index contributed by atoms with van der Waals surface area (Å²) in [6.07, 6.45) is 2.53. The molecule has 0 aliphatic heterocycles. The predicted molar refractivity (Wildman–Crippen MR) is 51.8 cm³/mol. The molecule has 0 radical (unpaired) electrons. The van der Waals surface area contributed by atoms with Gasteiger partial charge in [-0.25, -0.2) is 14.0 Å². The van der Waals surface area contributed by atoms with Crippen molar-refractivity contribution in [1.82, 2.24) is 0 Å². The zero-order valence-electron chi connectivity index (χ0n) is 8.49. The predicted octanol–water partition coefficient (Wildman–Crippen LogP) is 1.17. The van der Waals surface area contributed by atoms with Crippen molar-refractivity contribution in [2.45, 2.75) is 12.6 Å². The lowest BCUT2D eigenvalue weighted by Gasteiger charge is -2.16. The molecule has 0 rings (SSSR count). The van der Waals surface area contributed by atoms with Gasteiger partial charge in [-0.3, -0.25) is 0 Å². The van der Waals surface area contributed by atoms with Crippen LogP contribution in [0.4, 0.5) is 4.39 Å². The number of hydrogen-bond acceptors (Lipinski definition) is 4. The highest BCUT2D eigenvalue weighted by atomic mass is 19.1. The second-order valence-electron chi connectivity index (χ2n) is 2.78. The first-order valence-electron chi connectivity index (χ1n) is 4.22. The molecule has 0 heterocycles. The number of rotatable bonds is 6. The molecule has 5 heteroatoms. The molecule has 0 amide bonds. The van der Waals surface area contributed by atoms with Crippen molar-refractivity contribution in [3.05, 3.63) is 25.3 Å². The van der Waals surface area contributed by atoms with Crippen molar-refractivity contribution in [2.24, 2.45) is 0 Å². The van der Waals surface area contributed by atoms with Crippen LogP contribution in [0.5, 0.6) is 0 Å². The molecule has 84 valence electrons. The normalized spacial score (nSPS) is 10.3. The van der Waals surface area contributed by atoms with Gasteiger partial charge in [-0.1, -0.05) is 25.3 Å². The SMILES string of the molecule is C=CCOC(=O)C(C)(F)C(=O)OCC=C. The van der Waals surface area contributed by atoms with Crippen molar-refractivity contribution in [3.8, 4) is 0 Å². The topological polar surface area (TPSA) is 52.6 Å². The van der Waals surface area contributed by atoms with Gasteiger partial charge in [0, 0.05) is 0 Å². The maximum atomic E-state index is 13.5. The van der Waals surface area contributed by atoms with Crippen LogP contribution < -0.4 is 0 Å². The Morgan fingerprint density at radius 1 is 1.20 bits per heavy atom. The van der Waals surface area contributed by atoms with Crippen LogP contribution in [-0.4, -0.2) is 30.8 Å². The van der Waals surface area contributed by atoms with Gasteiger partial charge >= 0.3 is 11.9 Å². The molecule has 0 bridgehead atoms. The van der Waals surface area contributed by atoms with Crippen LogP contribution in [0.15, 0.2) is 25.3 Å². The highest BCUT2D eigenvalue weighted by Crippen LogP contribution is 2.14. The Balaban J connectivity index is 4.36. The van der Waals surface area contributed by atoms with Gasteiger partial charge in [-0.05, 0) is 6.92 Å². The van der Waals surface area contributed by atoms with E-state index in [1.54, 1.807) is 0 Å². The third-order valence-corrected chi connectivity index (χ3v) is 1.43. The number of alkyl halides is 1. The van der Waals surface area contributed by atoms with Gasteiger partial charge in [0.15, 0.2) is 0 Å². The first-order chi connectivity index (χ1) is 6.96. The first kappa shape index (κ1) is 13.4. The summed E-state index contributed by atoms with van der Waals surface area (Å²) in [5.41, 5.74) is -2.80. The summed E-state index contributed by atoms with van der Waals surface area (Å²) in [5, 5.41) is 0. The van der Waals surface area contributed by atoms with Crippen LogP contribution >= 0.6 is 0 Å². The van der Waals surface area contributed by atoms with E-state index in [9.17, 15) is 14.0 Å². The van der Waals surface area contributed by atoms with Crippen molar-refractivity contribution >= 4 is 11.9 Å². The molecule has 0 aliphatic carbocycles. The summed E-state index contributed by atoms with van der Waals surface area (Å²) >= 11 is 0. The minimum absolute atomic E-state index is 0.160. The van der Waals surface area contributed by atoms with Gasteiger partial charge in [0.25, 0.3) is 5.67 Å². The lowest BCUT2D eigenvalue weighted by atomic mass is 10.1. The molecule has 0 saturated carbocycles. The number of halogens is 1. The number of carbonyl (C=O) groups is 2. The van der Waals surface area contributed by atoms with Crippen LogP contribution in [-0.2, 0) is 19.1 Å². The van der Waals surface area contributed by atoms with E-state index in [-0.39, 0.29) is 13.2 Å². The molecule has 0 fully saturated rings. The maximum absolute atomic E-state index is 13.5. The monoisotopic (exact) mass is 216 g/mol. The molecule has 15 heavy (non-hydrogen) atoms. The molecule has 0 aromatic rings. The lowest BCUT2D eigenvalue weighted by molar-refractivity contribution is -0.171. The van der Waals surface area contributed by atoms with Gasteiger partial charge in [0.05, 0.1) is 0 Å². The van der Waals surface area contributed by atoms with E-state index in [0.29, 0.717) is 0 Å². The summed E-state index contributed by atoms with van der Waals surface area (Å²) < 4.78 is 22.3. The second-order valence-corrected chi connectivity index (χ2v) is 2.78. The van der Waals surface area contributed by atoms with Crippen molar-refractivity contribution in [1.29, 1.82) is 0 Å². The third-order valence-electron chi connectivity index (χ3n) is 1.43. The van der Waals surface area contributed by atoms with E-state index in [0.717, 1.165) is 6.92 Å². The van der Waals surface area contributed by atoms with Crippen molar-refractivity contribution in [2.75, 3.05) is 13.2 Å². The number of esters is 2. The molecule has 0 atom stereocenters. The minimum atomic E-state index is -2.80. The van der Waals surface area contributed by atoms with Gasteiger partial charge in [-0.2, -0.15) is 0 Å². The van der Waals surface area contributed by atoms with Gasteiger partial charge in [-0.15, -0.1) is 0 Å². The van der Waals surface area contributed by atoms with Crippen LogP contribution in [0.3, 0.4) is 0 Å². The summed E-state index contributed by atoms with van der Waals surface area (Å²) in [6.45, 7) is 7.02. The molecule has 0 aromatic heterocycles. The molecular weight excluding hydrogens is 203 g/mol. The van der Waals surface area contributed by atoms with E-state index in [2.05, 4.69) is 22.6 Å². The third kappa shape index (κ3) is 3.93. The Labute approximate surface area is 87.4 Å². The lowest BCUT2D eigenvalue weighted by Crippen LogP contribution is -2.42. The Morgan fingerprint density at radius 3 is 1.80 bits per heavy atom. The number of carbonyl (C=O) groups excluding carboxylic acids is 2. The standard InChI is InChI=1S/C10H13FO4/c1-4-6-14-8(12)10(3,11)9(13)15-7-5-2/h4-5H,1-2,6-7H2,3H3. The average Bonchev–Trinajstić information content (AvgIpc) is 2.21. The van der Waals surface area contributed by atoms with Gasteiger partial charge in [0.1, 0.15) is 13.2 Å². The van der Waals surface area contributed by atoms with E-state index in [4.69, 9.17) is 0 Å². The maximum Gasteiger partial charge on any atom is 0.355 e. The summed E-state index contributed by atoms with van der Waals surface area (Å²) in [7, 11) is 0. The van der Waals surface area contributed by atoms with Crippen LogP contribution in [0, 0.1) is 0 Å². The zero-order chi connectivity index (χ0) is 11.9. The summed E-state index contributed by atoms with van der Waals surface area (Å²) in [6, 6.07) is 0. The van der Waals surface area contributed by atoms with Crippen LogP contribution in [0.1, 0.15) is 6.92 Å². The molecule has 0 spiro atoms. The molecule has 0 unspecified atom stereocenters. The van der Waals surface area contributed by atoms with E-state index in [1.165, 1.54) is 12.2 Å². The Hall–Kier alpha value is -1.65. The van der Waals surface area contributed by atoms with Crippen LogP contribution in [0.2, 0.25) is 0 Å². The van der Waals surface area contributed by atoms with Crippen LogP contribution in [0.25, 0.3) is 0 Å². The van der Waals surface area contributed by atoms with Gasteiger partial charge < -0.3 is 9.47 Å². The average molecular weight is 216 g/mol. The Bertz CT molecular complexity index is 245. The first-order valence-corrected chi connectivity index (χ1v) is 4.22. The Morgan fingerprint density at radius 2 is 1.53 bits per heavy atom. The summed E-state index contributed by atoms with van der Waals surface area (Å²) in [5.74, 6) is -2.59. The number of ether oxygens (including phenoxy) is 2. The van der Waals surface area contributed by atoms with Gasteiger partial charge in [0.2, 0.25) is 0 Å². The molecule has 0 aromatic carbocycles. The smallest absolute Gasteiger partial charge is 0.355 e.